The van der Waals surface area contributed by atoms with Gasteiger partial charge in [-0.2, -0.15) is 25.3 Å². The molecule has 43 heavy (non-hydrogen) atoms. The maximum absolute atomic E-state index is 13.2. The van der Waals surface area contributed by atoms with Crippen LogP contribution in [0.3, 0.4) is 0 Å². The second-order valence-corrected chi connectivity index (χ2v) is 12.9. The minimum Gasteiger partial charge on any atom is -0.322 e. The summed E-state index contributed by atoms with van der Waals surface area (Å²) in [7, 11) is -15.4. The second kappa shape index (κ2) is 11.1. The number of anilines is 2. The number of nitro groups is 1. The Morgan fingerprint density at radius 3 is 1.88 bits per heavy atom. The van der Waals surface area contributed by atoms with Gasteiger partial charge in [-0.1, -0.05) is 18.2 Å². The van der Waals surface area contributed by atoms with Crippen molar-refractivity contribution in [3.05, 3.63) is 94.0 Å². The van der Waals surface area contributed by atoms with Crippen LogP contribution in [-0.2, 0) is 30.4 Å². The molecule has 4 aromatic rings. The number of para-hydroxylation sites is 1. The third-order valence-corrected chi connectivity index (χ3v) is 8.35. The summed E-state index contributed by atoms with van der Waals surface area (Å²) in [6.45, 7) is 0. The minimum absolute atomic E-state index is 0.0104. The molecule has 0 atom stereocenters. The number of hydrogen-bond acceptors (Lipinski definition) is 10. The SMILES string of the molecule is O=C(Nc1cc(S(=O)(=O)O)cc2cc(S(=O)(=O)O)cc(S(=O)(=O)O)c12)c1cccc(NC(=O)c2ccccc2[N+](=O)[O-])c1. The van der Waals surface area contributed by atoms with Crippen molar-refractivity contribution in [1.82, 2.24) is 0 Å². The number of benzene rings is 4. The lowest BCUT2D eigenvalue weighted by molar-refractivity contribution is -0.385. The van der Waals surface area contributed by atoms with Crippen molar-refractivity contribution in [3.63, 3.8) is 0 Å². The summed E-state index contributed by atoms with van der Waals surface area (Å²) >= 11 is 0. The summed E-state index contributed by atoms with van der Waals surface area (Å²) in [6.07, 6.45) is 0. The molecule has 0 radical (unpaired) electrons. The van der Waals surface area contributed by atoms with Crippen LogP contribution in [0.5, 0.6) is 0 Å². The van der Waals surface area contributed by atoms with Crippen LogP contribution in [0.25, 0.3) is 10.8 Å². The van der Waals surface area contributed by atoms with Crippen molar-refractivity contribution >= 4 is 70.0 Å². The van der Waals surface area contributed by atoms with E-state index < -0.39 is 83.9 Å². The smallest absolute Gasteiger partial charge is 0.295 e. The summed E-state index contributed by atoms with van der Waals surface area (Å²) in [4.78, 5) is 33.2. The van der Waals surface area contributed by atoms with Gasteiger partial charge in [0.15, 0.2) is 0 Å². The zero-order valence-electron chi connectivity index (χ0n) is 21.0. The highest BCUT2D eigenvalue weighted by Gasteiger charge is 2.26. The first-order chi connectivity index (χ1) is 19.9. The summed E-state index contributed by atoms with van der Waals surface area (Å²) in [5.74, 6) is -1.93. The number of carbonyl (C=O) groups is 2. The number of hydrogen-bond donors (Lipinski definition) is 5. The van der Waals surface area contributed by atoms with E-state index in [0.29, 0.717) is 24.3 Å². The van der Waals surface area contributed by atoms with Crippen molar-refractivity contribution in [2.45, 2.75) is 14.7 Å². The monoisotopic (exact) mass is 651 g/mol. The Bertz CT molecular complexity index is 2180. The first kappa shape index (κ1) is 31.2. The summed E-state index contributed by atoms with van der Waals surface area (Å²) < 4.78 is 100. The van der Waals surface area contributed by atoms with Gasteiger partial charge in [-0.25, -0.2) is 0 Å². The van der Waals surface area contributed by atoms with Gasteiger partial charge in [-0.15, -0.1) is 0 Å². The highest BCUT2D eigenvalue weighted by Crippen LogP contribution is 2.36. The normalized spacial score (nSPS) is 12.1. The lowest BCUT2D eigenvalue weighted by Crippen LogP contribution is -2.16. The van der Waals surface area contributed by atoms with Gasteiger partial charge in [0.25, 0.3) is 47.9 Å². The van der Waals surface area contributed by atoms with Gasteiger partial charge >= 0.3 is 0 Å². The lowest BCUT2D eigenvalue weighted by Gasteiger charge is -2.15. The maximum Gasteiger partial charge on any atom is 0.295 e. The van der Waals surface area contributed by atoms with Crippen LogP contribution in [0, 0.1) is 10.1 Å². The first-order valence-electron chi connectivity index (χ1n) is 11.4. The largest absolute Gasteiger partial charge is 0.322 e. The lowest BCUT2D eigenvalue weighted by atomic mass is 10.1. The summed E-state index contributed by atoms with van der Waals surface area (Å²) in [6, 6.07) is 12.4. The van der Waals surface area contributed by atoms with Crippen molar-refractivity contribution in [1.29, 1.82) is 0 Å². The van der Waals surface area contributed by atoms with E-state index >= 15 is 0 Å². The predicted octanol–water partition coefficient (Wildman–Crippen LogP) is 2.99. The number of nitrogens with one attached hydrogen (secondary N) is 2. The molecule has 0 spiro atoms. The number of amides is 2. The van der Waals surface area contributed by atoms with Gasteiger partial charge < -0.3 is 10.6 Å². The molecule has 19 heteroatoms. The van der Waals surface area contributed by atoms with Crippen LogP contribution in [0.4, 0.5) is 17.1 Å². The number of nitrogens with zero attached hydrogens (tertiary/aromatic N) is 1. The second-order valence-electron chi connectivity index (χ2n) is 8.68. The van der Waals surface area contributed by atoms with E-state index in [9.17, 15) is 58.6 Å². The first-order valence-corrected chi connectivity index (χ1v) is 15.7. The highest BCUT2D eigenvalue weighted by atomic mass is 32.2. The fourth-order valence-electron chi connectivity index (χ4n) is 3.98. The van der Waals surface area contributed by atoms with Gasteiger partial charge in [0, 0.05) is 22.7 Å². The van der Waals surface area contributed by atoms with Crippen LogP contribution < -0.4 is 10.6 Å². The van der Waals surface area contributed by atoms with Crippen LogP contribution in [-0.4, -0.2) is 55.6 Å². The average molecular weight is 652 g/mol. The molecule has 0 fully saturated rings. The molecule has 0 aliphatic rings. The fraction of sp³-hybridized carbons (Fsp3) is 0. The van der Waals surface area contributed by atoms with E-state index in [4.69, 9.17) is 0 Å². The van der Waals surface area contributed by atoms with Crippen LogP contribution in [0.15, 0.2) is 87.5 Å². The molecular formula is C24H17N3O13S3. The molecular weight excluding hydrogens is 634 g/mol. The average Bonchev–Trinajstić information content (AvgIpc) is 2.90. The fourth-order valence-corrected chi connectivity index (χ4v) is 5.90. The molecule has 0 bridgehead atoms. The van der Waals surface area contributed by atoms with Crippen LogP contribution in [0.2, 0.25) is 0 Å². The minimum atomic E-state index is -5.27. The Labute approximate surface area is 242 Å². The van der Waals surface area contributed by atoms with Crippen molar-refractivity contribution in [3.8, 4) is 0 Å². The molecule has 0 saturated heterocycles. The third kappa shape index (κ3) is 6.83. The third-order valence-electron chi connectivity index (χ3n) is 5.81. The Morgan fingerprint density at radius 1 is 0.698 bits per heavy atom. The molecule has 16 nitrogen and oxygen atoms in total. The Kier molecular flexibility index (Phi) is 8.06. The van der Waals surface area contributed by atoms with Gasteiger partial charge in [0.2, 0.25) is 0 Å². The molecule has 0 aromatic heterocycles. The van der Waals surface area contributed by atoms with E-state index in [1.165, 1.54) is 36.4 Å². The summed E-state index contributed by atoms with van der Waals surface area (Å²) in [5.41, 5.74) is -1.61. The quantitative estimate of drug-likeness (QED) is 0.104. The molecule has 5 N–H and O–H groups in total. The Morgan fingerprint density at radius 2 is 1.30 bits per heavy atom. The highest BCUT2D eigenvalue weighted by molar-refractivity contribution is 7.87. The van der Waals surface area contributed by atoms with Crippen LogP contribution in [0.1, 0.15) is 20.7 Å². The molecule has 0 saturated carbocycles. The van der Waals surface area contributed by atoms with Gasteiger partial charge in [0.05, 0.1) is 20.4 Å². The predicted molar refractivity (Wildman–Crippen MR) is 149 cm³/mol. The summed E-state index contributed by atoms with van der Waals surface area (Å²) in [5, 5.41) is 14.7. The van der Waals surface area contributed by atoms with E-state index in [0.717, 1.165) is 12.1 Å². The van der Waals surface area contributed by atoms with Gasteiger partial charge in [-0.3, -0.25) is 33.4 Å². The molecule has 0 aliphatic heterocycles. The number of fused-ring (bicyclic) bond motifs is 1. The van der Waals surface area contributed by atoms with Crippen molar-refractivity contribution < 1.29 is 53.4 Å². The molecule has 0 aliphatic carbocycles. The maximum atomic E-state index is 13.2. The standard InChI is InChI=1S/C24H17N3O13S3/c28-23(13-4-3-5-15(8-13)25-24(29)18-6-1-2-7-20(18)27(30)31)26-19-11-16(41(32,33)34)9-14-10-17(42(35,36)37)12-21(22(14)19)43(38,39)40/h1-12H,(H,25,29)(H,26,28)(H,32,33,34)(H,35,36,37)(H,38,39,40). The zero-order chi connectivity index (χ0) is 31.9. The van der Waals surface area contributed by atoms with Crippen molar-refractivity contribution in [2.24, 2.45) is 0 Å². The number of carbonyl (C=O) groups excluding carboxylic acids is 2. The molecule has 4 aromatic carbocycles. The Balaban J connectivity index is 1.80. The van der Waals surface area contributed by atoms with E-state index in [1.54, 1.807) is 0 Å². The van der Waals surface area contributed by atoms with Gasteiger partial charge in [-0.05, 0) is 53.9 Å². The van der Waals surface area contributed by atoms with Gasteiger partial charge in [0.1, 0.15) is 10.5 Å². The number of rotatable bonds is 8. The molecule has 0 unspecified atom stereocenters. The molecule has 224 valence electrons. The van der Waals surface area contributed by atoms with E-state index in [-0.39, 0.29) is 16.8 Å². The topological polar surface area (TPSA) is 264 Å². The van der Waals surface area contributed by atoms with Crippen LogP contribution >= 0.6 is 0 Å². The van der Waals surface area contributed by atoms with Crippen molar-refractivity contribution in [2.75, 3.05) is 10.6 Å². The van der Waals surface area contributed by atoms with E-state index in [1.807, 2.05) is 0 Å². The van der Waals surface area contributed by atoms with E-state index in [2.05, 4.69) is 10.6 Å². The Hall–Kier alpha value is -4.79. The molecule has 4 rings (SSSR count). The number of nitro benzene ring substituents is 1. The zero-order valence-corrected chi connectivity index (χ0v) is 23.5. The molecule has 2 amide bonds. The molecule has 0 heterocycles.